The molecule has 0 aromatic heterocycles. The Morgan fingerprint density at radius 3 is 2.37 bits per heavy atom. The fraction of sp³-hybridized carbons (Fsp3) is 0.364. The van der Waals surface area contributed by atoms with Gasteiger partial charge in [-0.05, 0) is 92.1 Å². The summed E-state index contributed by atoms with van der Waals surface area (Å²) in [6, 6.07) is 21.9. The maximum absolute atomic E-state index is 14.3. The van der Waals surface area contributed by atoms with Crippen LogP contribution in [0.1, 0.15) is 47.6 Å². The maximum Gasteiger partial charge on any atom is 0.229 e. The zero-order chi connectivity index (χ0) is 26.4. The van der Waals surface area contributed by atoms with Crippen molar-refractivity contribution in [1.29, 1.82) is 0 Å². The van der Waals surface area contributed by atoms with Gasteiger partial charge in [0, 0.05) is 31.2 Å². The molecule has 3 aromatic rings. The minimum absolute atomic E-state index is 0. The molecule has 4 rings (SSSR count). The van der Waals surface area contributed by atoms with E-state index in [0.29, 0.717) is 13.0 Å². The molecule has 5 heteroatoms. The van der Waals surface area contributed by atoms with Crippen molar-refractivity contribution in [3.05, 3.63) is 106 Å². The summed E-state index contributed by atoms with van der Waals surface area (Å²) in [6.07, 6.45) is 6.83. The lowest BCUT2D eigenvalue weighted by Gasteiger charge is -2.38. The van der Waals surface area contributed by atoms with Gasteiger partial charge >= 0.3 is 0 Å². The van der Waals surface area contributed by atoms with Crippen molar-refractivity contribution in [2.75, 3.05) is 25.0 Å². The van der Waals surface area contributed by atoms with E-state index >= 15 is 0 Å². The molecule has 3 aromatic carbocycles. The van der Waals surface area contributed by atoms with Gasteiger partial charge in [-0.3, -0.25) is 4.79 Å². The maximum atomic E-state index is 14.3. The Labute approximate surface area is 233 Å². The molecule has 0 saturated carbocycles. The molecule has 202 valence electrons. The highest BCUT2D eigenvalue weighted by atomic mass is 35.5. The van der Waals surface area contributed by atoms with E-state index < -0.39 is 0 Å². The van der Waals surface area contributed by atoms with Crippen LogP contribution in [0.25, 0.3) is 6.08 Å². The molecule has 2 atom stereocenters. The summed E-state index contributed by atoms with van der Waals surface area (Å²) in [5.41, 5.74) is 6.44. The standard InChI is InChI=1S/C33H39FN2O.ClH/c1-24-18-28(14-10-11-17-35(4)22-27-12-6-5-7-13-27)19-25(2)32(24)36-23-29(20-26(3)33(36)37)21-30-15-8-9-16-31(30)34;/h5-10,12-16,18-19,26,29H,11,17,20-23H2,1-4H3;1H/b14-10+;/t26-,29-;/m1./s1. The normalized spacial score (nSPS) is 17.7. The summed E-state index contributed by atoms with van der Waals surface area (Å²) in [4.78, 5) is 17.5. The van der Waals surface area contributed by atoms with E-state index in [1.54, 1.807) is 6.07 Å². The van der Waals surface area contributed by atoms with Gasteiger partial charge in [0.1, 0.15) is 5.82 Å². The molecular weight excluding hydrogens is 495 g/mol. The number of amides is 1. The summed E-state index contributed by atoms with van der Waals surface area (Å²) in [7, 11) is 2.15. The highest BCUT2D eigenvalue weighted by Crippen LogP contribution is 2.34. The summed E-state index contributed by atoms with van der Waals surface area (Å²) in [5, 5.41) is 0. The number of hydrogen-bond acceptors (Lipinski definition) is 2. The van der Waals surface area contributed by atoms with Crippen molar-refractivity contribution >= 4 is 30.1 Å². The first-order valence-corrected chi connectivity index (χ1v) is 13.4. The molecule has 1 heterocycles. The van der Waals surface area contributed by atoms with Crippen molar-refractivity contribution < 1.29 is 9.18 Å². The first kappa shape index (κ1) is 29.6. The van der Waals surface area contributed by atoms with Gasteiger partial charge in [-0.15, -0.1) is 12.4 Å². The van der Waals surface area contributed by atoms with Gasteiger partial charge in [0.15, 0.2) is 0 Å². The Balaban J connectivity index is 0.00000400. The van der Waals surface area contributed by atoms with Gasteiger partial charge in [0.2, 0.25) is 5.91 Å². The number of anilines is 1. The molecular formula is C33H40ClFN2O. The van der Waals surface area contributed by atoms with Crippen LogP contribution in [0, 0.1) is 31.5 Å². The monoisotopic (exact) mass is 534 g/mol. The highest BCUT2D eigenvalue weighted by molar-refractivity contribution is 5.97. The van der Waals surface area contributed by atoms with Crippen LogP contribution >= 0.6 is 12.4 Å². The lowest BCUT2D eigenvalue weighted by Crippen LogP contribution is -2.46. The smallest absolute Gasteiger partial charge is 0.229 e. The number of carbonyl (C=O) groups is 1. The van der Waals surface area contributed by atoms with Gasteiger partial charge in [-0.25, -0.2) is 4.39 Å². The summed E-state index contributed by atoms with van der Waals surface area (Å²) >= 11 is 0. The zero-order valence-electron chi connectivity index (χ0n) is 23.0. The number of hydrogen-bond donors (Lipinski definition) is 0. The lowest BCUT2D eigenvalue weighted by atomic mass is 9.84. The predicted molar refractivity (Wildman–Crippen MR) is 159 cm³/mol. The molecule has 1 saturated heterocycles. The SMILES string of the molecule is Cc1cc(/C=C/CCN(C)Cc2ccccc2)cc(C)c1N1C[C@@H](Cc2ccccc2F)C[C@@H](C)C1=O.Cl. The second kappa shape index (κ2) is 13.7. The van der Waals surface area contributed by atoms with Crippen LogP contribution in [0.5, 0.6) is 0 Å². The number of halogens is 2. The quantitative estimate of drug-likeness (QED) is 0.282. The van der Waals surface area contributed by atoms with E-state index in [-0.39, 0.29) is 36.0 Å². The Kier molecular flexibility index (Phi) is 10.7. The third kappa shape index (κ3) is 7.55. The van der Waals surface area contributed by atoms with E-state index in [4.69, 9.17) is 0 Å². The number of rotatable bonds is 9. The minimum Gasteiger partial charge on any atom is -0.311 e. The minimum atomic E-state index is -0.159. The van der Waals surface area contributed by atoms with E-state index in [2.05, 4.69) is 74.3 Å². The van der Waals surface area contributed by atoms with E-state index in [1.807, 2.05) is 30.0 Å². The molecule has 0 N–H and O–H groups in total. The number of aryl methyl sites for hydroxylation is 2. The molecule has 0 radical (unpaired) electrons. The third-order valence-corrected chi connectivity index (χ3v) is 7.35. The van der Waals surface area contributed by atoms with Crippen LogP contribution in [0.4, 0.5) is 10.1 Å². The van der Waals surface area contributed by atoms with Crippen LogP contribution in [0.15, 0.2) is 72.8 Å². The molecule has 1 amide bonds. The topological polar surface area (TPSA) is 23.6 Å². The Morgan fingerprint density at radius 2 is 1.68 bits per heavy atom. The Hall–Kier alpha value is -2.95. The van der Waals surface area contributed by atoms with Gasteiger partial charge in [0.25, 0.3) is 0 Å². The summed E-state index contributed by atoms with van der Waals surface area (Å²) in [5.74, 6) is 0.168. The van der Waals surface area contributed by atoms with E-state index in [0.717, 1.165) is 53.9 Å². The molecule has 1 fully saturated rings. The Bertz CT molecular complexity index is 1220. The lowest BCUT2D eigenvalue weighted by molar-refractivity contribution is -0.124. The fourth-order valence-corrected chi connectivity index (χ4v) is 5.61. The highest BCUT2D eigenvalue weighted by Gasteiger charge is 2.34. The zero-order valence-corrected chi connectivity index (χ0v) is 23.8. The number of nitrogens with zero attached hydrogens (tertiary/aromatic N) is 2. The second-order valence-corrected chi connectivity index (χ2v) is 10.7. The van der Waals surface area contributed by atoms with Gasteiger partial charge in [0.05, 0.1) is 0 Å². The molecule has 0 spiro atoms. The van der Waals surface area contributed by atoms with Crippen LogP contribution in [-0.4, -0.2) is 30.9 Å². The van der Waals surface area contributed by atoms with Crippen LogP contribution < -0.4 is 4.90 Å². The van der Waals surface area contributed by atoms with Gasteiger partial charge < -0.3 is 9.80 Å². The van der Waals surface area contributed by atoms with E-state index in [1.165, 1.54) is 11.6 Å². The average molecular weight is 535 g/mol. The molecule has 3 nitrogen and oxygen atoms in total. The van der Waals surface area contributed by atoms with Crippen molar-refractivity contribution in [2.24, 2.45) is 11.8 Å². The third-order valence-electron chi connectivity index (χ3n) is 7.35. The van der Waals surface area contributed by atoms with Crippen molar-refractivity contribution in [1.82, 2.24) is 4.90 Å². The second-order valence-electron chi connectivity index (χ2n) is 10.7. The summed E-state index contributed by atoms with van der Waals surface area (Å²) < 4.78 is 14.3. The number of piperidine rings is 1. The fourth-order valence-electron chi connectivity index (χ4n) is 5.61. The number of carbonyl (C=O) groups excluding carboxylic acids is 1. The van der Waals surface area contributed by atoms with Crippen molar-refractivity contribution in [3.63, 3.8) is 0 Å². The molecule has 1 aliphatic heterocycles. The molecule has 38 heavy (non-hydrogen) atoms. The Morgan fingerprint density at radius 1 is 1.03 bits per heavy atom. The first-order chi connectivity index (χ1) is 17.8. The summed E-state index contributed by atoms with van der Waals surface area (Å²) in [6.45, 7) is 8.74. The van der Waals surface area contributed by atoms with E-state index in [9.17, 15) is 9.18 Å². The molecule has 0 bridgehead atoms. The molecule has 0 unspecified atom stereocenters. The van der Waals surface area contributed by atoms with Crippen LogP contribution in [-0.2, 0) is 17.8 Å². The van der Waals surface area contributed by atoms with Crippen LogP contribution in [0.2, 0.25) is 0 Å². The first-order valence-electron chi connectivity index (χ1n) is 13.4. The largest absolute Gasteiger partial charge is 0.311 e. The number of benzene rings is 3. The van der Waals surface area contributed by atoms with Gasteiger partial charge in [-0.1, -0.05) is 67.6 Å². The average Bonchev–Trinajstić information content (AvgIpc) is 2.86. The molecule has 1 aliphatic rings. The molecule has 0 aliphatic carbocycles. The van der Waals surface area contributed by atoms with Gasteiger partial charge in [-0.2, -0.15) is 0 Å². The predicted octanol–water partition coefficient (Wildman–Crippen LogP) is 7.63. The van der Waals surface area contributed by atoms with Crippen molar-refractivity contribution in [2.45, 2.75) is 46.6 Å². The van der Waals surface area contributed by atoms with Crippen molar-refractivity contribution in [3.8, 4) is 0 Å². The van der Waals surface area contributed by atoms with Crippen LogP contribution in [0.3, 0.4) is 0 Å².